The van der Waals surface area contributed by atoms with Crippen LogP contribution in [0.25, 0.3) is 0 Å². The van der Waals surface area contributed by atoms with Gasteiger partial charge in [0.2, 0.25) is 5.91 Å². The molecule has 0 aromatic rings. The molecular weight excluding hydrogens is 779 g/mol. The van der Waals surface area contributed by atoms with Gasteiger partial charge in [0.15, 0.2) is 0 Å². The van der Waals surface area contributed by atoms with Crippen LogP contribution in [0.15, 0.2) is 0 Å². The highest BCUT2D eigenvalue weighted by atomic mass is 16.5. The second-order valence-electron chi connectivity index (χ2n) is 20.1. The number of aliphatic hydroxyl groups is 2. The van der Waals surface area contributed by atoms with Crippen molar-refractivity contribution in [3.05, 3.63) is 0 Å². The average Bonchev–Trinajstić information content (AvgIpc) is 3.28. The van der Waals surface area contributed by atoms with E-state index in [1.165, 1.54) is 244 Å². The Morgan fingerprint density at radius 3 is 0.968 bits per heavy atom. The Hall–Kier alpha value is -1.14. The van der Waals surface area contributed by atoms with Crippen molar-refractivity contribution in [2.24, 2.45) is 0 Å². The minimum absolute atomic E-state index is 0.0883. The maximum Gasteiger partial charge on any atom is 0.306 e. The summed E-state index contributed by atoms with van der Waals surface area (Å²) in [7, 11) is 0. The molecule has 3 unspecified atom stereocenters. The summed E-state index contributed by atoms with van der Waals surface area (Å²) in [4.78, 5) is 26.2. The number of hydrogen-bond donors (Lipinski definition) is 3. The van der Waals surface area contributed by atoms with Gasteiger partial charge < -0.3 is 20.3 Å². The molecule has 0 saturated carbocycles. The minimum Gasteiger partial charge on any atom is -0.462 e. The highest BCUT2D eigenvalue weighted by molar-refractivity contribution is 5.77. The van der Waals surface area contributed by atoms with Crippen molar-refractivity contribution < 1.29 is 24.5 Å². The smallest absolute Gasteiger partial charge is 0.306 e. The van der Waals surface area contributed by atoms with Gasteiger partial charge in [-0.3, -0.25) is 9.59 Å². The van der Waals surface area contributed by atoms with Crippen molar-refractivity contribution in [2.45, 2.75) is 347 Å². The van der Waals surface area contributed by atoms with Crippen LogP contribution in [0.3, 0.4) is 0 Å². The summed E-state index contributed by atoms with van der Waals surface area (Å²) in [5, 5.41) is 23.9. The van der Waals surface area contributed by atoms with Gasteiger partial charge in [0.05, 0.1) is 25.2 Å². The van der Waals surface area contributed by atoms with Crippen molar-refractivity contribution in [2.75, 3.05) is 6.61 Å². The van der Waals surface area contributed by atoms with Gasteiger partial charge in [-0.2, -0.15) is 0 Å². The normalized spacial score (nSPS) is 13.0. The number of aliphatic hydroxyl groups excluding tert-OH is 2. The predicted molar refractivity (Wildman–Crippen MR) is 274 cm³/mol. The summed E-state index contributed by atoms with van der Waals surface area (Å²) in [6, 6.07) is -0.693. The largest absolute Gasteiger partial charge is 0.462 e. The summed E-state index contributed by atoms with van der Waals surface area (Å²) in [5.41, 5.74) is 0. The fourth-order valence-corrected chi connectivity index (χ4v) is 9.32. The highest BCUT2D eigenvalue weighted by Gasteiger charge is 2.24. The molecule has 0 bridgehead atoms. The molecule has 3 N–H and O–H groups in total. The molecule has 0 aliphatic heterocycles. The van der Waals surface area contributed by atoms with Gasteiger partial charge in [-0.25, -0.2) is 0 Å². The van der Waals surface area contributed by atoms with Crippen LogP contribution in [0, 0.1) is 0 Å². The number of hydrogen-bond acceptors (Lipinski definition) is 5. The standard InChI is InChI=1S/C57H113NO5/c1-4-7-10-13-16-19-22-25-27-29-31-34-37-40-43-46-49-55(60)54(52-59)58-56(61)51-53(48-45-42-39-36-33-24-21-18-15-12-9-6-3)63-57(62)50-47-44-41-38-35-32-30-28-26-23-20-17-14-11-8-5-2/h53-55,59-60H,4-52H2,1-3H3,(H,58,61). The molecule has 0 aliphatic rings. The Balaban J connectivity index is 4.43. The van der Waals surface area contributed by atoms with E-state index in [0.717, 1.165) is 38.5 Å². The van der Waals surface area contributed by atoms with E-state index in [1.54, 1.807) is 0 Å². The summed E-state index contributed by atoms with van der Waals surface area (Å²) in [6.07, 6.45) is 57.4. The molecule has 63 heavy (non-hydrogen) atoms. The molecule has 0 aromatic heterocycles. The van der Waals surface area contributed by atoms with Crippen LogP contribution in [0.5, 0.6) is 0 Å². The average molecular weight is 893 g/mol. The number of carbonyl (C=O) groups is 2. The molecule has 0 aromatic carbocycles. The second kappa shape index (κ2) is 51.8. The highest BCUT2D eigenvalue weighted by Crippen LogP contribution is 2.19. The van der Waals surface area contributed by atoms with Crippen LogP contribution >= 0.6 is 0 Å². The fourth-order valence-electron chi connectivity index (χ4n) is 9.32. The number of unbranched alkanes of at least 4 members (excludes halogenated alkanes) is 41. The van der Waals surface area contributed by atoms with Gasteiger partial charge in [0.25, 0.3) is 0 Å². The van der Waals surface area contributed by atoms with E-state index in [1.807, 2.05) is 0 Å². The molecule has 0 rings (SSSR count). The Bertz CT molecular complexity index is 913. The Morgan fingerprint density at radius 1 is 0.397 bits per heavy atom. The van der Waals surface area contributed by atoms with Crippen LogP contribution in [0.2, 0.25) is 0 Å². The number of nitrogens with one attached hydrogen (secondary N) is 1. The number of rotatable bonds is 53. The molecule has 0 fully saturated rings. The first-order valence-corrected chi connectivity index (χ1v) is 28.8. The van der Waals surface area contributed by atoms with Crippen LogP contribution in [0.4, 0.5) is 0 Å². The Labute approximate surface area is 394 Å². The maximum absolute atomic E-state index is 13.2. The molecule has 1 amide bonds. The van der Waals surface area contributed by atoms with Gasteiger partial charge >= 0.3 is 5.97 Å². The SMILES string of the molecule is CCCCCCCCCCCCCCCCCCC(=O)OC(CCCCCCCCCCCCCC)CC(=O)NC(CO)C(O)CCCCCCCCCCCCCCCCCC. The lowest BCUT2D eigenvalue weighted by atomic mass is 10.0. The fraction of sp³-hybridized carbons (Fsp3) is 0.965. The number of carbonyl (C=O) groups excluding carboxylic acids is 2. The first-order valence-electron chi connectivity index (χ1n) is 28.8. The van der Waals surface area contributed by atoms with E-state index >= 15 is 0 Å². The summed E-state index contributed by atoms with van der Waals surface area (Å²) in [6.45, 7) is 6.53. The van der Waals surface area contributed by atoms with Crippen LogP contribution in [0.1, 0.15) is 329 Å². The van der Waals surface area contributed by atoms with Gasteiger partial charge in [-0.1, -0.05) is 290 Å². The second-order valence-corrected chi connectivity index (χ2v) is 20.1. The van der Waals surface area contributed by atoms with E-state index in [-0.39, 0.29) is 24.9 Å². The molecule has 0 aliphatic carbocycles. The van der Waals surface area contributed by atoms with Gasteiger partial charge in [0, 0.05) is 6.42 Å². The number of ether oxygens (including phenoxy) is 1. The monoisotopic (exact) mass is 892 g/mol. The van der Waals surface area contributed by atoms with E-state index in [4.69, 9.17) is 4.74 Å². The van der Waals surface area contributed by atoms with Crippen molar-refractivity contribution in [3.8, 4) is 0 Å². The molecule has 376 valence electrons. The number of esters is 1. The molecule has 3 atom stereocenters. The molecule has 0 saturated heterocycles. The summed E-state index contributed by atoms with van der Waals surface area (Å²) < 4.78 is 5.96. The first-order chi connectivity index (χ1) is 31.0. The van der Waals surface area contributed by atoms with Crippen LogP contribution in [-0.4, -0.2) is 46.9 Å². The third-order valence-corrected chi connectivity index (χ3v) is 13.7. The van der Waals surface area contributed by atoms with Gasteiger partial charge in [0.1, 0.15) is 6.10 Å². The van der Waals surface area contributed by atoms with Crippen LogP contribution < -0.4 is 5.32 Å². The van der Waals surface area contributed by atoms with Crippen LogP contribution in [-0.2, 0) is 14.3 Å². The third kappa shape index (κ3) is 47.2. The number of amides is 1. The molecule has 6 nitrogen and oxygen atoms in total. The Kier molecular flexibility index (Phi) is 50.9. The van der Waals surface area contributed by atoms with Gasteiger partial charge in [-0.15, -0.1) is 0 Å². The molecular formula is C57H113NO5. The van der Waals surface area contributed by atoms with E-state index in [2.05, 4.69) is 26.1 Å². The van der Waals surface area contributed by atoms with Crippen molar-refractivity contribution in [1.29, 1.82) is 0 Å². The maximum atomic E-state index is 13.2. The summed E-state index contributed by atoms with van der Waals surface area (Å²) >= 11 is 0. The lowest BCUT2D eigenvalue weighted by Gasteiger charge is -2.24. The zero-order chi connectivity index (χ0) is 45.9. The van der Waals surface area contributed by atoms with Crippen molar-refractivity contribution >= 4 is 11.9 Å². The molecule has 0 radical (unpaired) electrons. The predicted octanol–water partition coefficient (Wildman–Crippen LogP) is 17.5. The molecule has 6 heteroatoms. The quantitative estimate of drug-likeness (QED) is 0.0418. The molecule has 0 heterocycles. The third-order valence-electron chi connectivity index (χ3n) is 13.7. The Morgan fingerprint density at radius 2 is 0.667 bits per heavy atom. The minimum atomic E-state index is -0.780. The topological polar surface area (TPSA) is 95.9 Å². The molecule has 0 spiro atoms. The van der Waals surface area contributed by atoms with Crippen molar-refractivity contribution in [1.82, 2.24) is 5.32 Å². The van der Waals surface area contributed by atoms with Crippen molar-refractivity contribution in [3.63, 3.8) is 0 Å². The van der Waals surface area contributed by atoms with E-state index in [9.17, 15) is 19.8 Å². The zero-order valence-corrected chi connectivity index (χ0v) is 43.0. The lowest BCUT2D eigenvalue weighted by Crippen LogP contribution is -2.46. The first kappa shape index (κ1) is 61.9. The van der Waals surface area contributed by atoms with E-state index < -0.39 is 18.2 Å². The van der Waals surface area contributed by atoms with E-state index in [0.29, 0.717) is 19.3 Å². The van der Waals surface area contributed by atoms with Gasteiger partial charge in [-0.05, 0) is 25.7 Å². The summed E-state index contributed by atoms with van der Waals surface area (Å²) in [5.74, 6) is -0.446. The zero-order valence-electron chi connectivity index (χ0n) is 43.0. The lowest BCUT2D eigenvalue weighted by molar-refractivity contribution is -0.151.